The number of nitrogens with two attached hydrogens (primary N) is 1. The summed E-state index contributed by atoms with van der Waals surface area (Å²) in [6.45, 7) is 6.27. The second kappa shape index (κ2) is 4.73. The molecule has 15 heavy (non-hydrogen) atoms. The van der Waals surface area contributed by atoms with Gasteiger partial charge in [0.2, 0.25) is 0 Å². The van der Waals surface area contributed by atoms with Crippen LogP contribution in [0.4, 0.5) is 0 Å². The van der Waals surface area contributed by atoms with E-state index >= 15 is 0 Å². The zero-order valence-electron chi connectivity index (χ0n) is 9.35. The molecule has 1 nitrogen and oxygen atoms in total. The monoisotopic (exact) mass is 245 g/mol. The molecule has 2 N–H and O–H groups in total. The van der Waals surface area contributed by atoms with E-state index in [1.807, 2.05) is 19.1 Å². The van der Waals surface area contributed by atoms with E-state index in [-0.39, 0.29) is 11.5 Å². The van der Waals surface area contributed by atoms with Crippen LogP contribution in [0.3, 0.4) is 0 Å². The first-order valence-electron chi connectivity index (χ1n) is 5.04. The maximum atomic E-state index is 6.16. The van der Waals surface area contributed by atoms with Crippen LogP contribution in [0, 0.1) is 0 Å². The fourth-order valence-corrected chi connectivity index (χ4v) is 2.48. The van der Waals surface area contributed by atoms with E-state index in [0.29, 0.717) is 5.02 Å². The van der Waals surface area contributed by atoms with Crippen molar-refractivity contribution >= 4 is 23.2 Å². The van der Waals surface area contributed by atoms with Crippen LogP contribution in [-0.2, 0) is 5.41 Å². The summed E-state index contributed by atoms with van der Waals surface area (Å²) in [7, 11) is 0. The lowest BCUT2D eigenvalue weighted by Crippen LogP contribution is -2.28. The van der Waals surface area contributed by atoms with Gasteiger partial charge in [0.25, 0.3) is 0 Å². The third-order valence-electron chi connectivity index (χ3n) is 2.49. The molecule has 0 fully saturated rings. The summed E-state index contributed by atoms with van der Waals surface area (Å²) >= 11 is 12.1. The zero-order valence-corrected chi connectivity index (χ0v) is 10.9. The van der Waals surface area contributed by atoms with Crippen molar-refractivity contribution in [2.24, 2.45) is 5.73 Å². The molecule has 84 valence electrons. The van der Waals surface area contributed by atoms with Gasteiger partial charge in [0.05, 0.1) is 0 Å². The van der Waals surface area contributed by atoms with Gasteiger partial charge in [-0.2, -0.15) is 0 Å². The smallest absolute Gasteiger partial charge is 0.0444 e. The summed E-state index contributed by atoms with van der Waals surface area (Å²) in [4.78, 5) is 0. The third kappa shape index (κ3) is 3.37. The molecule has 0 aliphatic heterocycles. The van der Waals surface area contributed by atoms with E-state index < -0.39 is 0 Å². The Morgan fingerprint density at radius 1 is 1.33 bits per heavy atom. The number of hydrogen-bond acceptors (Lipinski definition) is 1. The average Bonchev–Trinajstić information content (AvgIpc) is 2.06. The summed E-state index contributed by atoms with van der Waals surface area (Å²) in [5.74, 6) is 0. The minimum atomic E-state index is -0.0455. The molecule has 0 aliphatic rings. The highest BCUT2D eigenvalue weighted by Gasteiger charge is 2.24. The Labute approximate surface area is 102 Å². The lowest BCUT2D eigenvalue weighted by atomic mass is 9.79. The van der Waals surface area contributed by atoms with Crippen LogP contribution in [-0.4, -0.2) is 6.04 Å². The molecule has 1 unspecified atom stereocenters. The minimum Gasteiger partial charge on any atom is -0.328 e. The summed E-state index contributed by atoms with van der Waals surface area (Å²) in [6, 6.07) is 5.71. The van der Waals surface area contributed by atoms with Crippen LogP contribution >= 0.6 is 23.2 Å². The molecule has 0 aromatic heterocycles. The first-order chi connectivity index (χ1) is 6.83. The molecule has 1 aromatic carbocycles. The van der Waals surface area contributed by atoms with Crippen molar-refractivity contribution in [1.82, 2.24) is 0 Å². The maximum absolute atomic E-state index is 6.16. The quantitative estimate of drug-likeness (QED) is 0.856. The lowest BCUT2D eigenvalue weighted by molar-refractivity contribution is 0.437. The van der Waals surface area contributed by atoms with Crippen molar-refractivity contribution in [3.8, 4) is 0 Å². The fraction of sp³-hybridized carbons (Fsp3) is 0.500. The van der Waals surface area contributed by atoms with Crippen LogP contribution in [0.2, 0.25) is 10.0 Å². The number of halogens is 2. The third-order valence-corrected chi connectivity index (χ3v) is 3.05. The van der Waals surface area contributed by atoms with E-state index in [1.54, 1.807) is 6.07 Å². The fourth-order valence-electron chi connectivity index (χ4n) is 1.93. The number of rotatable bonds is 3. The second-order valence-electron chi connectivity index (χ2n) is 4.69. The highest BCUT2D eigenvalue weighted by Crippen LogP contribution is 2.34. The van der Waals surface area contributed by atoms with E-state index in [2.05, 4.69) is 13.8 Å². The SMILES string of the molecule is CC(N)CC(C)(C)c1cc(Cl)ccc1Cl. The Morgan fingerprint density at radius 3 is 2.47 bits per heavy atom. The molecule has 0 saturated carbocycles. The van der Waals surface area contributed by atoms with Crippen LogP contribution in [0.25, 0.3) is 0 Å². The van der Waals surface area contributed by atoms with E-state index in [1.165, 1.54) is 0 Å². The predicted molar refractivity (Wildman–Crippen MR) is 67.8 cm³/mol. The van der Waals surface area contributed by atoms with Crippen LogP contribution in [0.5, 0.6) is 0 Å². The summed E-state index contributed by atoms with van der Waals surface area (Å²) in [5, 5.41) is 1.47. The van der Waals surface area contributed by atoms with Gasteiger partial charge in [-0.3, -0.25) is 0 Å². The standard InChI is InChI=1S/C12H17Cl2N/c1-8(15)7-12(2,3)10-6-9(13)4-5-11(10)14/h4-6,8H,7,15H2,1-3H3. The van der Waals surface area contributed by atoms with E-state index in [0.717, 1.165) is 17.0 Å². The van der Waals surface area contributed by atoms with Gasteiger partial charge in [-0.05, 0) is 42.5 Å². The molecule has 1 rings (SSSR count). The van der Waals surface area contributed by atoms with Crippen molar-refractivity contribution < 1.29 is 0 Å². The summed E-state index contributed by atoms with van der Waals surface area (Å²) < 4.78 is 0. The Hall–Kier alpha value is -0.240. The molecule has 0 aliphatic carbocycles. The summed E-state index contributed by atoms with van der Waals surface area (Å²) in [5.41, 5.74) is 6.85. The van der Waals surface area contributed by atoms with Crippen molar-refractivity contribution in [3.63, 3.8) is 0 Å². The van der Waals surface area contributed by atoms with Crippen LogP contribution in [0.15, 0.2) is 18.2 Å². The molecule has 0 radical (unpaired) electrons. The second-order valence-corrected chi connectivity index (χ2v) is 5.53. The molecule has 0 bridgehead atoms. The van der Waals surface area contributed by atoms with Crippen molar-refractivity contribution in [1.29, 1.82) is 0 Å². The van der Waals surface area contributed by atoms with Crippen molar-refractivity contribution in [2.75, 3.05) is 0 Å². The predicted octanol–water partition coefficient (Wildman–Crippen LogP) is 4.01. The minimum absolute atomic E-state index is 0.0455. The molecule has 0 amide bonds. The molecule has 0 saturated heterocycles. The topological polar surface area (TPSA) is 26.0 Å². The Balaban J connectivity index is 3.08. The molecular weight excluding hydrogens is 229 g/mol. The van der Waals surface area contributed by atoms with Crippen molar-refractivity contribution in [3.05, 3.63) is 33.8 Å². The normalized spacial score (nSPS) is 14.0. The zero-order chi connectivity index (χ0) is 11.6. The maximum Gasteiger partial charge on any atom is 0.0444 e. The lowest BCUT2D eigenvalue weighted by Gasteiger charge is -2.28. The average molecular weight is 246 g/mol. The van der Waals surface area contributed by atoms with E-state index in [4.69, 9.17) is 28.9 Å². The summed E-state index contributed by atoms with van der Waals surface area (Å²) in [6.07, 6.45) is 0.882. The molecule has 1 atom stereocenters. The first-order valence-corrected chi connectivity index (χ1v) is 5.79. The van der Waals surface area contributed by atoms with Crippen LogP contribution in [0.1, 0.15) is 32.8 Å². The largest absolute Gasteiger partial charge is 0.328 e. The van der Waals surface area contributed by atoms with Gasteiger partial charge in [0.15, 0.2) is 0 Å². The van der Waals surface area contributed by atoms with Gasteiger partial charge in [0, 0.05) is 16.1 Å². The number of benzene rings is 1. The highest BCUT2D eigenvalue weighted by molar-refractivity contribution is 6.33. The van der Waals surface area contributed by atoms with Gasteiger partial charge in [-0.1, -0.05) is 37.0 Å². The van der Waals surface area contributed by atoms with E-state index in [9.17, 15) is 0 Å². The van der Waals surface area contributed by atoms with Gasteiger partial charge >= 0.3 is 0 Å². The van der Waals surface area contributed by atoms with Crippen LogP contribution < -0.4 is 5.73 Å². The van der Waals surface area contributed by atoms with Gasteiger partial charge in [0.1, 0.15) is 0 Å². The Morgan fingerprint density at radius 2 is 1.93 bits per heavy atom. The van der Waals surface area contributed by atoms with Gasteiger partial charge in [-0.15, -0.1) is 0 Å². The molecule has 1 aromatic rings. The first kappa shape index (κ1) is 12.8. The highest BCUT2D eigenvalue weighted by atomic mass is 35.5. The molecule has 0 heterocycles. The van der Waals surface area contributed by atoms with Gasteiger partial charge in [-0.25, -0.2) is 0 Å². The molecular formula is C12H17Cl2N. The number of hydrogen-bond donors (Lipinski definition) is 1. The Kier molecular flexibility index (Phi) is 4.05. The Bertz CT molecular complexity index is 345. The molecule has 3 heteroatoms. The van der Waals surface area contributed by atoms with Crippen molar-refractivity contribution in [2.45, 2.75) is 38.6 Å². The molecule has 0 spiro atoms. The van der Waals surface area contributed by atoms with Gasteiger partial charge < -0.3 is 5.73 Å².